The maximum absolute atomic E-state index is 12.2. The SMILES string of the molecule is Cc1cc(CCCc2ccccc2)oc(=O)c1C(=O)NCCCCCN.Cl. The number of carbonyl (C=O) groups is 1. The summed E-state index contributed by atoms with van der Waals surface area (Å²) in [6.07, 6.45) is 5.24. The summed E-state index contributed by atoms with van der Waals surface area (Å²) in [5.41, 5.74) is 6.92. The van der Waals surface area contributed by atoms with Crippen LogP contribution in [-0.4, -0.2) is 19.0 Å². The molecule has 3 N–H and O–H groups in total. The molecule has 6 heteroatoms. The van der Waals surface area contributed by atoms with Crippen LogP contribution in [0.4, 0.5) is 0 Å². The minimum Gasteiger partial charge on any atom is -0.427 e. The first-order chi connectivity index (χ1) is 12.6. The van der Waals surface area contributed by atoms with Crippen molar-refractivity contribution < 1.29 is 9.21 Å². The molecule has 2 aromatic rings. The Bertz CT molecular complexity index is 760. The van der Waals surface area contributed by atoms with Gasteiger partial charge in [-0.2, -0.15) is 0 Å². The molecule has 0 saturated carbocycles. The first kappa shape index (κ1) is 22.9. The highest BCUT2D eigenvalue weighted by molar-refractivity contribution is 5.95. The lowest BCUT2D eigenvalue weighted by Crippen LogP contribution is -2.30. The normalized spacial score (nSPS) is 10.3. The molecule has 1 amide bonds. The van der Waals surface area contributed by atoms with Crippen LogP contribution in [-0.2, 0) is 12.8 Å². The smallest absolute Gasteiger partial charge is 0.349 e. The molecule has 0 fully saturated rings. The summed E-state index contributed by atoms with van der Waals surface area (Å²) in [5.74, 6) is 0.266. The highest BCUT2D eigenvalue weighted by Gasteiger charge is 2.16. The van der Waals surface area contributed by atoms with Crippen LogP contribution in [0.3, 0.4) is 0 Å². The van der Waals surface area contributed by atoms with E-state index in [0.717, 1.165) is 32.1 Å². The van der Waals surface area contributed by atoms with Crippen LogP contribution in [0.5, 0.6) is 0 Å². The number of hydrogen-bond acceptors (Lipinski definition) is 4. The maximum Gasteiger partial charge on any atom is 0.349 e. The van der Waals surface area contributed by atoms with Crippen molar-refractivity contribution in [2.75, 3.05) is 13.1 Å². The van der Waals surface area contributed by atoms with Crippen molar-refractivity contribution in [2.24, 2.45) is 5.73 Å². The number of halogens is 1. The van der Waals surface area contributed by atoms with Gasteiger partial charge in [0.05, 0.1) is 0 Å². The molecule has 5 nitrogen and oxygen atoms in total. The lowest BCUT2D eigenvalue weighted by molar-refractivity contribution is 0.0948. The van der Waals surface area contributed by atoms with Crippen LogP contribution in [0.1, 0.15) is 52.9 Å². The highest BCUT2D eigenvalue weighted by Crippen LogP contribution is 2.11. The van der Waals surface area contributed by atoms with Crippen molar-refractivity contribution in [3.8, 4) is 0 Å². The third kappa shape index (κ3) is 7.57. The topological polar surface area (TPSA) is 85.3 Å². The molecule has 1 aromatic carbocycles. The van der Waals surface area contributed by atoms with Gasteiger partial charge in [0.15, 0.2) is 0 Å². The molecule has 0 unspecified atom stereocenters. The molecule has 1 heterocycles. The maximum atomic E-state index is 12.2. The number of nitrogens with two attached hydrogens (primary N) is 1. The third-order valence-electron chi connectivity index (χ3n) is 4.32. The van der Waals surface area contributed by atoms with Gasteiger partial charge in [0.2, 0.25) is 0 Å². The summed E-state index contributed by atoms with van der Waals surface area (Å²) in [7, 11) is 0. The third-order valence-corrected chi connectivity index (χ3v) is 4.32. The van der Waals surface area contributed by atoms with Gasteiger partial charge in [0.25, 0.3) is 5.91 Å². The van der Waals surface area contributed by atoms with Gasteiger partial charge in [0, 0.05) is 13.0 Å². The van der Waals surface area contributed by atoms with Crippen molar-refractivity contribution in [2.45, 2.75) is 45.4 Å². The number of nitrogens with one attached hydrogen (secondary N) is 1. The molecule has 2 rings (SSSR count). The number of aryl methyl sites for hydroxylation is 3. The standard InChI is InChI=1S/C21H28N2O3.ClH/c1-16-15-18(12-8-11-17-9-4-2-5-10-17)26-21(25)19(16)20(24)23-14-7-3-6-13-22;/h2,4-5,9-10,15H,3,6-8,11-14,22H2,1H3,(H,23,24);1H. The Morgan fingerprint density at radius 2 is 1.81 bits per heavy atom. The lowest BCUT2D eigenvalue weighted by Gasteiger charge is -2.08. The van der Waals surface area contributed by atoms with Crippen molar-refractivity contribution in [3.63, 3.8) is 0 Å². The van der Waals surface area contributed by atoms with Crippen molar-refractivity contribution >= 4 is 18.3 Å². The van der Waals surface area contributed by atoms with Gasteiger partial charge < -0.3 is 15.5 Å². The summed E-state index contributed by atoms with van der Waals surface area (Å²) in [6, 6.07) is 12.0. The van der Waals surface area contributed by atoms with E-state index in [0.29, 0.717) is 30.8 Å². The number of rotatable bonds is 10. The van der Waals surface area contributed by atoms with Gasteiger partial charge in [-0.25, -0.2) is 4.79 Å². The predicted molar refractivity (Wildman–Crippen MR) is 111 cm³/mol. The predicted octanol–water partition coefficient (Wildman–Crippen LogP) is 3.40. The molecular weight excluding hydrogens is 364 g/mol. The van der Waals surface area contributed by atoms with Crippen molar-refractivity contribution in [3.05, 3.63) is 69.3 Å². The Kier molecular flexibility index (Phi) is 10.5. The molecule has 0 saturated heterocycles. The number of amides is 1. The monoisotopic (exact) mass is 392 g/mol. The fourth-order valence-electron chi connectivity index (χ4n) is 2.92. The second-order valence-electron chi connectivity index (χ2n) is 6.50. The van der Waals surface area contributed by atoms with Crippen LogP contribution >= 0.6 is 12.4 Å². The largest absolute Gasteiger partial charge is 0.427 e. The average molecular weight is 393 g/mol. The van der Waals surface area contributed by atoms with Crippen LogP contribution < -0.4 is 16.7 Å². The molecule has 27 heavy (non-hydrogen) atoms. The van der Waals surface area contributed by atoms with E-state index in [-0.39, 0.29) is 23.9 Å². The van der Waals surface area contributed by atoms with Crippen LogP contribution in [0.2, 0.25) is 0 Å². The van der Waals surface area contributed by atoms with E-state index in [1.807, 2.05) is 18.2 Å². The van der Waals surface area contributed by atoms with E-state index < -0.39 is 5.63 Å². The Labute approximate surface area is 166 Å². The minimum atomic E-state index is -0.556. The highest BCUT2D eigenvalue weighted by atomic mass is 35.5. The van der Waals surface area contributed by atoms with Gasteiger partial charge in [-0.3, -0.25) is 4.79 Å². The summed E-state index contributed by atoms with van der Waals surface area (Å²) >= 11 is 0. The van der Waals surface area contributed by atoms with E-state index in [2.05, 4.69) is 17.4 Å². The Hall–Kier alpha value is -2.11. The zero-order valence-electron chi connectivity index (χ0n) is 15.8. The number of benzene rings is 1. The van der Waals surface area contributed by atoms with E-state index in [1.165, 1.54) is 5.56 Å². The number of carbonyl (C=O) groups excluding carboxylic acids is 1. The van der Waals surface area contributed by atoms with Gasteiger partial charge in [-0.05, 0) is 56.3 Å². The zero-order valence-corrected chi connectivity index (χ0v) is 16.6. The lowest BCUT2D eigenvalue weighted by atomic mass is 10.1. The number of unbranched alkanes of at least 4 members (excludes halogenated alkanes) is 2. The van der Waals surface area contributed by atoms with E-state index >= 15 is 0 Å². The molecule has 0 aliphatic rings. The van der Waals surface area contributed by atoms with E-state index in [1.54, 1.807) is 13.0 Å². The van der Waals surface area contributed by atoms with Crippen molar-refractivity contribution in [1.82, 2.24) is 5.32 Å². The fourth-order valence-corrected chi connectivity index (χ4v) is 2.92. The molecule has 0 spiro atoms. The first-order valence-electron chi connectivity index (χ1n) is 9.27. The zero-order chi connectivity index (χ0) is 18.8. The summed E-state index contributed by atoms with van der Waals surface area (Å²) in [6.45, 7) is 2.97. The fraction of sp³-hybridized carbons (Fsp3) is 0.429. The summed E-state index contributed by atoms with van der Waals surface area (Å²) in [4.78, 5) is 24.5. The Morgan fingerprint density at radius 1 is 1.07 bits per heavy atom. The molecule has 148 valence electrons. The average Bonchev–Trinajstić information content (AvgIpc) is 2.62. The Balaban J connectivity index is 0.00000364. The van der Waals surface area contributed by atoms with Gasteiger partial charge in [0.1, 0.15) is 11.3 Å². The van der Waals surface area contributed by atoms with Crippen molar-refractivity contribution in [1.29, 1.82) is 0 Å². The Morgan fingerprint density at radius 3 is 2.48 bits per heavy atom. The molecule has 0 bridgehead atoms. The first-order valence-corrected chi connectivity index (χ1v) is 9.27. The number of hydrogen-bond donors (Lipinski definition) is 2. The van der Waals surface area contributed by atoms with Crippen LogP contribution in [0, 0.1) is 6.92 Å². The molecular formula is C21H29ClN2O3. The summed E-state index contributed by atoms with van der Waals surface area (Å²) < 4.78 is 5.36. The quantitative estimate of drug-likeness (QED) is 0.607. The van der Waals surface area contributed by atoms with Crippen LogP contribution in [0.15, 0.2) is 45.6 Å². The molecule has 0 aliphatic heterocycles. The second kappa shape index (κ2) is 12.3. The van der Waals surface area contributed by atoms with Gasteiger partial charge >= 0.3 is 5.63 Å². The van der Waals surface area contributed by atoms with Gasteiger partial charge in [-0.15, -0.1) is 12.4 Å². The van der Waals surface area contributed by atoms with Crippen LogP contribution in [0.25, 0.3) is 0 Å². The van der Waals surface area contributed by atoms with E-state index in [9.17, 15) is 9.59 Å². The van der Waals surface area contributed by atoms with E-state index in [4.69, 9.17) is 10.2 Å². The molecule has 1 aromatic heterocycles. The molecule has 0 atom stereocenters. The summed E-state index contributed by atoms with van der Waals surface area (Å²) in [5, 5.41) is 2.78. The second-order valence-corrected chi connectivity index (χ2v) is 6.50. The minimum absolute atomic E-state index is 0. The molecule has 0 radical (unpaired) electrons. The van der Waals surface area contributed by atoms with Gasteiger partial charge in [-0.1, -0.05) is 36.8 Å². The molecule has 0 aliphatic carbocycles.